The average molecular weight is 309 g/mol. The molecule has 2 aromatic rings. The average Bonchev–Trinajstić information content (AvgIpc) is 2.48. The van der Waals surface area contributed by atoms with Crippen LogP contribution in [-0.2, 0) is 0 Å². The van der Waals surface area contributed by atoms with Gasteiger partial charge in [-0.1, -0.05) is 4.49 Å². The number of nitrogens with two attached hydrogens (primary N) is 1. The summed E-state index contributed by atoms with van der Waals surface area (Å²) >= 11 is 8.02. The first-order valence-corrected chi connectivity index (χ1v) is 5.41. The van der Waals surface area contributed by atoms with Crippen LogP contribution in [-0.4, -0.2) is 9.59 Å². The Bertz CT molecular complexity index is 440. The summed E-state index contributed by atoms with van der Waals surface area (Å²) in [6.07, 6.45) is 0. The second-order valence-electron chi connectivity index (χ2n) is 2.20. The van der Waals surface area contributed by atoms with Crippen molar-refractivity contribution >= 4 is 59.3 Å². The second-order valence-corrected chi connectivity index (χ2v) is 4.67. The van der Waals surface area contributed by atoms with Crippen LogP contribution in [0.3, 0.4) is 0 Å². The number of aromatic nitrogens is 2. The third kappa shape index (κ3) is 1.14. The molecule has 0 atom stereocenters. The summed E-state index contributed by atoms with van der Waals surface area (Å²) in [5.41, 5.74) is 7.31. The molecule has 0 unspecified atom stereocenters. The second kappa shape index (κ2) is 2.93. The number of halogens is 2. The summed E-state index contributed by atoms with van der Waals surface area (Å²) in [5.74, 6) is 0. The maximum absolute atomic E-state index is 5.79. The van der Waals surface area contributed by atoms with Crippen molar-refractivity contribution in [2.45, 2.75) is 0 Å². The van der Waals surface area contributed by atoms with Gasteiger partial charge in [-0.25, -0.2) is 0 Å². The van der Waals surface area contributed by atoms with Crippen molar-refractivity contribution in [3.63, 3.8) is 0 Å². The molecular weight excluding hydrogens is 306 g/mol. The highest BCUT2D eigenvalue weighted by Crippen LogP contribution is 2.35. The normalized spacial score (nSPS) is 10.8. The fourth-order valence-corrected chi connectivity index (χ4v) is 3.04. The molecule has 0 aliphatic carbocycles. The largest absolute Gasteiger partial charge is 0.397 e. The molecule has 2 rings (SSSR count). The predicted octanol–water partition coefficient (Wildman–Crippen LogP) is 2.80. The first-order valence-electron chi connectivity index (χ1n) is 3.05. The van der Waals surface area contributed by atoms with Gasteiger partial charge in [-0.2, -0.15) is 0 Å². The van der Waals surface area contributed by atoms with E-state index >= 15 is 0 Å². The number of anilines is 1. The molecule has 1 aromatic carbocycles. The SMILES string of the molecule is Nc1c(Br)cc(Br)c2nnsc12. The molecule has 1 aromatic heterocycles. The minimum absolute atomic E-state index is 0.697. The molecule has 0 aliphatic rings. The monoisotopic (exact) mass is 307 g/mol. The van der Waals surface area contributed by atoms with Crippen LogP contribution in [0.25, 0.3) is 10.2 Å². The van der Waals surface area contributed by atoms with Gasteiger partial charge in [0.25, 0.3) is 0 Å². The summed E-state index contributed by atoms with van der Waals surface area (Å²) in [7, 11) is 0. The molecule has 0 fully saturated rings. The summed E-state index contributed by atoms with van der Waals surface area (Å²) in [4.78, 5) is 0. The first kappa shape index (κ1) is 8.40. The predicted molar refractivity (Wildman–Crippen MR) is 57.2 cm³/mol. The number of rotatable bonds is 0. The van der Waals surface area contributed by atoms with Crippen molar-refractivity contribution in [1.29, 1.82) is 0 Å². The van der Waals surface area contributed by atoms with Crippen LogP contribution in [0.15, 0.2) is 15.0 Å². The van der Waals surface area contributed by atoms with Gasteiger partial charge in [-0.15, -0.1) is 5.10 Å². The molecule has 0 spiro atoms. The van der Waals surface area contributed by atoms with Gasteiger partial charge < -0.3 is 5.73 Å². The van der Waals surface area contributed by atoms with Crippen LogP contribution in [0.5, 0.6) is 0 Å². The zero-order chi connectivity index (χ0) is 8.72. The summed E-state index contributed by atoms with van der Waals surface area (Å²) in [5, 5.41) is 3.94. The van der Waals surface area contributed by atoms with E-state index in [0.717, 1.165) is 19.2 Å². The number of fused-ring (bicyclic) bond motifs is 1. The van der Waals surface area contributed by atoms with Crippen LogP contribution < -0.4 is 5.73 Å². The summed E-state index contributed by atoms with van der Waals surface area (Å²) < 4.78 is 6.52. The van der Waals surface area contributed by atoms with Gasteiger partial charge in [0.2, 0.25) is 0 Å². The number of hydrogen-bond acceptors (Lipinski definition) is 4. The zero-order valence-corrected chi connectivity index (χ0v) is 9.70. The van der Waals surface area contributed by atoms with Crippen LogP contribution >= 0.6 is 43.4 Å². The molecule has 62 valence electrons. The zero-order valence-electron chi connectivity index (χ0n) is 5.71. The lowest BCUT2D eigenvalue weighted by Crippen LogP contribution is -1.87. The highest BCUT2D eigenvalue weighted by Gasteiger charge is 2.09. The Kier molecular flexibility index (Phi) is 2.05. The Morgan fingerprint density at radius 3 is 2.83 bits per heavy atom. The topological polar surface area (TPSA) is 51.8 Å². The fraction of sp³-hybridized carbons (Fsp3) is 0. The van der Waals surface area contributed by atoms with Gasteiger partial charge in [-0.3, -0.25) is 0 Å². The molecule has 6 heteroatoms. The maximum Gasteiger partial charge on any atom is 0.122 e. The van der Waals surface area contributed by atoms with Gasteiger partial charge in [0.05, 0.1) is 5.69 Å². The van der Waals surface area contributed by atoms with E-state index in [9.17, 15) is 0 Å². The molecule has 0 saturated heterocycles. The van der Waals surface area contributed by atoms with E-state index in [1.807, 2.05) is 6.07 Å². The van der Waals surface area contributed by atoms with E-state index in [-0.39, 0.29) is 0 Å². The van der Waals surface area contributed by atoms with Crippen LogP contribution in [0, 0.1) is 0 Å². The standard InChI is InChI=1S/C6H3Br2N3S/c7-2-1-3(8)5-6(4(2)9)12-11-10-5/h1H,9H2. The molecule has 1 heterocycles. The van der Waals surface area contributed by atoms with Gasteiger partial charge >= 0.3 is 0 Å². The Labute approximate surface area is 89.4 Å². The van der Waals surface area contributed by atoms with Gasteiger partial charge in [-0.05, 0) is 49.5 Å². The number of hydrogen-bond donors (Lipinski definition) is 1. The maximum atomic E-state index is 5.79. The van der Waals surface area contributed by atoms with Crippen LogP contribution in [0.4, 0.5) is 5.69 Å². The Morgan fingerprint density at radius 2 is 2.08 bits per heavy atom. The van der Waals surface area contributed by atoms with Crippen LogP contribution in [0.2, 0.25) is 0 Å². The van der Waals surface area contributed by atoms with Crippen molar-refractivity contribution in [2.24, 2.45) is 0 Å². The van der Waals surface area contributed by atoms with E-state index in [0.29, 0.717) is 5.69 Å². The molecule has 0 saturated carbocycles. The lowest BCUT2D eigenvalue weighted by molar-refractivity contribution is 1.19. The molecule has 0 radical (unpaired) electrons. The van der Waals surface area contributed by atoms with Gasteiger partial charge in [0, 0.05) is 8.95 Å². The van der Waals surface area contributed by atoms with E-state index in [1.54, 1.807) is 0 Å². The van der Waals surface area contributed by atoms with E-state index in [4.69, 9.17) is 5.73 Å². The Balaban J connectivity index is 2.97. The number of nitrogen functional groups attached to an aromatic ring is 1. The van der Waals surface area contributed by atoms with Crippen molar-refractivity contribution in [2.75, 3.05) is 5.73 Å². The lowest BCUT2D eigenvalue weighted by Gasteiger charge is -1.98. The molecule has 0 bridgehead atoms. The third-order valence-corrected chi connectivity index (χ3v) is 3.49. The first-order chi connectivity index (χ1) is 5.70. The Hall–Kier alpha value is -0.200. The van der Waals surface area contributed by atoms with Crippen molar-refractivity contribution in [3.05, 3.63) is 15.0 Å². The fourth-order valence-electron chi connectivity index (χ4n) is 0.889. The Morgan fingerprint density at radius 1 is 1.33 bits per heavy atom. The van der Waals surface area contributed by atoms with E-state index in [2.05, 4.69) is 41.4 Å². The van der Waals surface area contributed by atoms with E-state index in [1.165, 1.54) is 11.5 Å². The van der Waals surface area contributed by atoms with Gasteiger partial charge in [0.1, 0.15) is 10.2 Å². The molecule has 12 heavy (non-hydrogen) atoms. The molecule has 2 N–H and O–H groups in total. The highest BCUT2D eigenvalue weighted by atomic mass is 79.9. The summed E-state index contributed by atoms with van der Waals surface area (Å²) in [6, 6.07) is 1.87. The molecule has 0 amide bonds. The molecular formula is C6H3Br2N3S. The third-order valence-electron chi connectivity index (χ3n) is 1.47. The molecule has 0 aliphatic heterocycles. The van der Waals surface area contributed by atoms with Crippen molar-refractivity contribution in [3.8, 4) is 0 Å². The minimum atomic E-state index is 0.697. The quantitative estimate of drug-likeness (QED) is 0.761. The lowest BCUT2D eigenvalue weighted by atomic mass is 10.3. The van der Waals surface area contributed by atoms with Crippen LogP contribution in [0.1, 0.15) is 0 Å². The number of nitrogens with zero attached hydrogens (tertiary/aromatic N) is 2. The van der Waals surface area contributed by atoms with Gasteiger partial charge in [0.15, 0.2) is 0 Å². The molecule has 3 nitrogen and oxygen atoms in total. The van der Waals surface area contributed by atoms with Crippen molar-refractivity contribution in [1.82, 2.24) is 9.59 Å². The van der Waals surface area contributed by atoms with E-state index < -0.39 is 0 Å². The summed E-state index contributed by atoms with van der Waals surface area (Å²) in [6.45, 7) is 0. The minimum Gasteiger partial charge on any atom is -0.397 e. The smallest absolute Gasteiger partial charge is 0.122 e. The highest BCUT2D eigenvalue weighted by molar-refractivity contribution is 9.11. The number of benzene rings is 1. The van der Waals surface area contributed by atoms with Crippen molar-refractivity contribution < 1.29 is 0 Å².